The SMILES string of the molecule is N#CCCN1CCN(C(=O)Cc2cccc(N)c2)CC1. The molecule has 0 atom stereocenters. The van der Waals surface area contributed by atoms with Crippen LogP contribution in [0.3, 0.4) is 0 Å². The van der Waals surface area contributed by atoms with Gasteiger partial charge in [0.25, 0.3) is 0 Å². The van der Waals surface area contributed by atoms with E-state index >= 15 is 0 Å². The van der Waals surface area contributed by atoms with Gasteiger partial charge in [0.2, 0.25) is 5.91 Å². The molecule has 2 N–H and O–H groups in total. The average Bonchev–Trinajstić information content (AvgIpc) is 2.45. The van der Waals surface area contributed by atoms with Gasteiger partial charge in [-0.2, -0.15) is 5.26 Å². The number of nitriles is 1. The molecule has 1 saturated heterocycles. The minimum atomic E-state index is 0.149. The Balaban J connectivity index is 1.82. The Labute approximate surface area is 119 Å². The Morgan fingerprint density at radius 3 is 2.70 bits per heavy atom. The van der Waals surface area contributed by atoms with Crippen LogP contribution < -0.4 is 5.73 Å². The zero-order chi connectivity index (χ0) is 14.4. The molecule has 5 heteroatoms. The number of anilines is 1. The van der Waals surface area contributed by atoms with Gasteiger partial charge in [-0.15, -0.1) is 0 Å². The molecule has 1 heterocycles. The van der Waals surface area contributed by atoms with Gasteiger partial charge in [-0.1, -0.05) is 12.1 Å². The third kappa shape index (κ3) is 3.97. The second kappa shape index (κ2) is 6.92. The number of carbonyl (C=O) groups excluding carboxylic acids is 1. The van der Waals surface area contributed by atoms with Crippen LogP contribution in [0.2, 0.25) is 0 Å². The normalized spacial score (nSPS) is 15.8. The summed E-state index contributed by atoms with van der Waals surface area (Å²) in [5.41, 5.74) is 7.37. The molecule has 1 aliphatic rings. The van der Waals surface area contributed by atoms with Crippen molar-refractivity contribution in [1.29, 1.82) is 5.26 Å². The van der Waals surface area contributed by atoms with Crippen LogP contribution in [0.1, 0.15) is 12.0 Å². The molecule has 2 rings (SSSR count). The second-order valence-corrected chi connectivity index (χ2v) is 5.05. The van der Waals surface area contributed by atoms with E-state index in [9.17, 15) is 4.79 Å². The summed E-state index contributed by atoms with van der Waals surface area (Å²) in [6, 6.07) is 9.62. The number of benzene rings is 1. The predicted molar refractivity (Wildman–Crippen MR) is 77.8 cm³/mol. The van der Waals surface area contributed by atoms with Crippen LogP contribution >= 0.6 is 0 Å². The Bertz CT molecular complexity index is 501. The lowest BCUT2D eigenvalue weighted by Crippen LogP contribution is -2.49. The van der Waals surface area contributed by atoms with Gasteiger partial charge < -0.3 is 10.6 Å². The van der Waals surface area contributed by atoms with Gasteiger partial charge >= 0.3 is 0 Å². The molecule has 20 heavy (non-hydrogen) atoms. The number of nitrogens with zero attached hydrogens (tertiary/aromatic N) is 3. The highest BCUT2D eigenvalue weighted by molar-refractivity contribution is 5.79. The van der Waals surface area contributed by atoms with Crippen molar-refractivity contribution in [2.45, 2.75) is 12.8 Å². The van der Waals surface area contributed by atoms with Crippen LogP contribution in [0.25, 0.3) is 0 Å². The summed E-state index contributed by atoms with van der Waals surface area (Å²) < 4.78 is 0. The zero-order valence-electron chi connectivity index (χ0n) is 11.6. The number of hydrogen-bond acceptors (Lipinski definition) is 4. The molecule has 106 valence electrons. The average molecular weight is 272 g/mol. The van der Waals surface area contributed by atoms with E-state index < -0.39 is 0 Å². The highest BCUT2D eigenvalue weighted by Gasteiger charge is 2.20. The lowest BCUT2D eigenvalue weighted by molar-refractivity contribution is -0.132. The molecular formula is C15H20N4O. The molecule has 1 amide bonds. The van der Waals surface area contributed by atoms with Crippen molar-refractivity contribution >= 4 is 11.6 Å². The van der Waals surface area contributed by atoms with E-state index in [-0.39, 0.29) is 5.91 Å². The van der Waals surface area contributed by atoms with E-state index in [1.807, 2.05) is 29.2 Å². The first-order valence-electron chi connectivity index (χ1n) is 6.90. The topological polar surface area (TPSA) is 73.4 Å². The first kappa shape index (κ1) is 14.4. The summed E-state index contributed by atoms with van der Waals surface area (Å²) in [5, 5.41) is 8.57. The Morgan fingerprint density at radius 2 is 2.05 bits per heavy atom. The Kier molecular flexibility index (Phi) is 4.97. The number of hydrogen-bond donors (Lipinski definition) is 1. The van der Waals surface area contributed by atoms with Crippen LogP contribution in [0, 0.1) is 11.3 Å². The van der Waals surface area contributed by atoms with E-state index in [1.165, 1.54) is 0 Å². The predicted octanol–water partition coefficient (Wildman–Crippen LogP) is 0.869. The van der Waals surface area contributed by atoms with Crippen LogP contribution in [-0.4, -0.2) is 48.4 Å². The number of piperazine rings is 1. The smallest absolute Gasteiger partial charge is 0.227 e. The molecule has 1 aliphatic heterocycles. The summed E-state index contributed by atoms with van der Waals surface area (Å²) >= 11 is 0. The van der Waals surface area contributed by atoms with Crippen LogP contribution in [0.15, 0.2) is 24.3 Å². The maximum atomic E-state index is 12.2. The number of nitrogen functional groups attached to an aromatic ring is 1. The third-order valence-corrected chi connectivity index (χ3v) is 3.57. The number of rotatable bonds is 4. The molecule has 0 aromatic heterocycles. The van der Waals surface area contributed by atoms with E-state index in [0.717, 1.165) is 38.3 Å². The molecule has 0 bridgehead atoms. The summed E-state index contributed by atoms with van der Waals surface area (Å²) in [7, 11) is 0. The minimum Gasteiger partial charge on any atom is -0.399 e. The standard InChI is InChI=1S/C15H20N4O/c16-5-2-6-18-7-9-19(10-8-18)15(20)12-13-3-1-4-14(17)11-13/h1,3-4,11H,2,6-10,12,17H2. The maximum Gasteiger partial charge on any atom is 0.227 e. The summed E-state index contributed by atoms with van der Waals surface area (Å²) in [6.07, 6.45) is 0.959. The van der Waals surface area contributed by atoms with Crippen molar-refractivity contribution in [3.05, 3.63) is 29.8 Å². The first-order chi connectivity index (χ1) is 9.69. The van der Waals surface area contributed by atoms with Crippen molar-refractivity contribution in [1.82, 2.24) is 9.80 Å². The third-order valence-electron chi connectivity index (χ3n) is 3.57. The van der Waals surface area contributed by atoms with Crippen molar-refractivity contribution < 1.29 is 4.79 Å². The van der Waals surface area contributed by atoms with Crippen molar-refractivity contribution in [2.24, 2.45) is 0 Å². The van der Waals surface area contributed by atoms with Crippen molar-refractivity contribution in [3.8, 4) is 6.07 Å². The molecule has 0 radical (unpaired) electrons. The first-order valence-corrected chi connectivity index (χ1v) is 6.90. The minimum absolute atomic E-state index is 0.149. The van der Waals surface area contributed by atoms with Gasteiger partial charge in [0, 0.05) is 44.8 Å². The van der Waals surface area contributed by atoms with Crippen LogP contribution in [0.5, 0.6) is 0 Å². The molecule has 0 spiro atoms. The molecule has 5 nitrogen and oxygen atoms in total. The fourth-order valence-electron chi connectivity index (χ4n) is 2.42. The summed E-state index contributed by atoms with van der Waals surface area (Å²) in [6.45, 7) is 3.99. The molecule has 1 fully saturated rings. The monoisotopic (exact) mass is 272 g/mol. The summed E-state index contributed by atoms with van der Waals surface area (Å²) in [5.74, 6) is 0.149. The van der Waals surface area contributed by atoms with E-state index in [2.05, 4.69) is 11.0 Å². The van der Waals surface area contributed by atoms with Crippen LogP contribution in [-0.2, 0) is 11.2 Å². The highest BCUT2D eigenvalue weighted by Crippen LogP contribution is 2.10. The molecular weight excluding hydrogens is 252 g/mol. The van der Waals surface area contributed by atoms with Gasteiger partial charge in [-0.25, -0.2) is 0 Å². The van der Waals surface area contributed by atoms with Crippen LogP contribution in [0.4, 0.5) is 5.69 Å². The Hall–Kier alpha value is -2.06. The lowest BCUT2D eigenvalue weighted by atomic mass is 10.1. The van der Waals surface area contributed by atoms with Gasteiger partial charge in [-0.3, -0.25) is 9.69 Å². The highest BCUT2D eigenvalue weighted by atomic mass is 16.2. The van der Waals surface area contributed by atoms with Gasteiger partial charge in [-0.05, 0) is 17.7 Å². The second-order valence-electron chi connectivity index (χ2n) is 5.05. The molecule has 0 aliphatic carbocycles. The quantitative estimate of drug-likeness (QED) is 0.825. The molecule has 1 aromatic rings. The largest absolute Gasteiger partial charge is 0.399 e. The fraction of sp³-hybridized carbons (Fsp3) is 0.467. The zero-order valence-corrected chi connectivity index (χ0v) is 11.6. The van der Waals surface area contributed by atoms with E-state index in [0.29, 0.717) is 18.5 Å². The number of nitrogens with two attached hydrogens (primary N) is 1. The summed E-state index contributed by atoms with van der Waals surface area (Å²) in [4.78, 5) is 16.3. The lowest BCUT2D eigenvalue weighted by Gasteiger charge is -2.34. The van der Waals surface area contributed by atoms with Gasteiger partial charge in [0.1, 0.15) is 0 Å². The fourth-order valence-corrected chi connectivity index (χ4v) is 2.42. The maximum absolute atomic E-state index is 12.2. The van der Waals surface area contributed by atoms with E-state index in [1.54, 1.807) is 0 Å². The number of carbonyl (C=O) groups is 1. The van der Waals surface area contributed by atoms with Crippen molar-refractivity contribution in [2.75, 3.05) is 38.5 Å². The van der Waals surface area contributed by atoms with Crippen molar-refractivity contribution in [3.63, 3.8) is 0 Å². The molecule has 0 saturated carbocycles. The Morgan fingerprint density at radius 1 is 1.30 bits per heavy atom. The van der Waals surface area contributed by atoms with Gasteiger partial charge in [0.15, 0.2) is 0 Å². The molecule has 1 aromatic carbocycles. The van der Waals surface area contributed by atoms with Gasteiger partial charge in [0.05, 0.1) is 12.5 Å². The number of amides is 1. The van der Waals surface area contributed by atoms with E-state index in [4.69, 9.17) is 11.0 Å². The molecule has 0 unspecified atom stereocenters.